The molecule has 2 heterocycles. The number of hydrogen-bond donors (Lipinski definition) is 1. The van der Waals surface area contributed by atoms with Crippen LogP contribution < -0.4 is 14.2 Å². The fourth-order valence-corrected chi connectivity index (χ4v) is 5.54. The van der Waals surface area contributed by atoms with Gasteiger partial charge in [0.05, 0.1) is 14.2 Å². The lowest BCUT2D eigenvalue weighted by molar-refractivity contribution is 0.0691. The zero-order valence-corrected chi connectivity index (χ0v) is 17.1. The molecule has 2 aromatic rings. The maximum absolute atomic E-state index is 13.0. The summed E-state index contributed by atoms with van der Waals surface area (Å²) in [5.74, 6) is 1.09. The summed E-state index contributed by atoms with van der Waals surface area (Å²) < 4.78 is 38.5. The molecule has 0 radical (unpaired) electrons. The topological polar surface area (TPSA) is 97.8 Å². The van der Waals surface area contributed by atoms with Crippen LogP contribution in [-0.2, 0) is 10.0 Å². The summed E-state index contributed by atoms with van der Waals surface area (Å²) in [5, 5.41) is 0. The molecule has 2 aliphatic rings. The van der Waals surface area contributed by atoms with Crippen LogP contribution >= 0.6 is 0 Å². The number of benzene rings is 1. The first-order chi connectivity index (χ1) is 13.9. The van der Waals surface area contributed by atoms with E-state index in [2.05, 4.69) is 9.71 Å². The van der Waals surface area contributed by atoms with Crippen molar-refractivity contribution in [3.05, 3.63) is 48.3 Å². The van der Waals surface area contributed by atoms with E-state index in [4.69, 9.17) is 9.47 Å². The van der Waals surface area contributed by atoms with Gasteiger partial charge in [0.25, 0.3) is 5.91 Å². The first-order valence-corrected chi connectivity index (χ1v) is 10.9. The number of aromatic nitrogens is 1. The molecule has 3 unspecified atom stereocenters. The van der Waals surface area contributed by atoms with Crippen LogP contribution in [0.3, 0.4) is 0 Å². The number of fused-ring (bicyclic) bond motifs is 2. The van der Waals surface area contributed by atoms with Gasteiger partial charge in [-0.2, -0.15) is 0 Å². The van der Waals surface area contributed by atoms with Gasteiger partial charge < -0.3 is 14.4 Å². The largest absolute Gasteiger partial charge is 0.493 e. The van der Waals surface area contributed by atoms with E-state index in [0.717, 1.165) is 6.42 Å². The second-order valence-electron chi connectivity index (χ2n) is 7.33. The number of carbonyl (C=O) groups excluding carboxylic acids is 1. The molecule has 3 atom stereocenters. The molecule has 1 N–H and O–H groups in total. The van der Waals surface area contributed by atoms with Crippen molar-refractivity contribution >= 4 is 15.9 Å². The number of methoxy groups -OCH3 is 2. The van der Waals surface area contributed by atoms with E-state index in [-0.39, 0.29) is 28.8 Å². The van der Waals surface area contributed by atoms with Crippen molar-refractivity contribution in [2.24, 2.45) is 5.92 Å². The fourth-order valence-electron chi connectivity index (χ4n) is 4.26. The molecule has 1 saturated heterocycles. The number of hydrogen-bond acceptors (Lipinski definition) is 6. The SMILES string of the molecule is COc1ccc(C(=O)N2CC3CC2CC3NS(=O)(=O)c2cccnc2)cc1OC. The highest BCUT2D eigenvalue weighted by Crippen LogP contribution is 2.39. The van der Waals surface area contributed by atoms with Gasteiger partial charge in [-0.05, 0) is 49.1 Å². The number of likely N-dealkylation sites (tertiary alicyclic amines) is 1. The number of rotatable bonds is 6. The van der Waals surface area contributed by atoms with Crippen molar-refractivity contribution < 1.29 is 22.7 Å². The number of ether oxygens (including phenoxy) is 2. The van der Waals surface area contributed by atoms with Crippen LogP contribution in [0.4, 0.5) is 0 Å². The molecule has 2 bridgehead atoms. The van der Waals surface area contributed by atoms with Gasteiger partial charge in [-0.25, -0.2) is 13.1 Å². The number of nitrogens with one attached hydrogen (secondary N) is 1. The highest BCUT2D eigenvalue weighted by molar-refractivity contribution is 7.89. The number of carbonyl (C=O) groups is 1. The van der Waals surface area contributed by atoms with E-state index in [1.807, 2.05) is 4.90 Å². The van der Waals surface area contributed by atoms with E-state index in [9.17, 15) is 13.2 Å². The lowest BCUT2D eigenvalue weighted by Gasteiger charge is -2.32. The van der Waals surface area contributed by atoms with Crippen LogP contribution in [0.15, 0.2) is 47.6 Å². The normalized spacial score (nSPS) is 23.2. The third-order valence-electron chi connectivity index (χ3n) is 5.68. The predicted octanol–water partition coefficient (Wildman–Crippen LogP) is 1.68. The third-order valence-corrected chi connectivity index (χ3v) is 7.16. The Hall–Kier alpha value is -2.65. The van der Waals surface area contributed by atoms with Crippen molar-refractivity contribution in [1.82, 2.24) is 14.6 Å². The van der Waals surface area contributed by atoms with Gasteiger partial charge in [0.2, 0.25) is 10.0 Å². The average molecular weight is 417 g/mol. The summed E-state index contributed by atoms with van der Waals surface area (Å²) in [6.45, 7) is 0.526. The lowest BCUT2D eigenvalue weighted by atomic mass is 10.0. The van der Waals surface area contributed by atoms with E-state index < -0.39 is 10.0 Å². The third kappa shape index (κ3) is 3.67. The minimum atomic E-state index is -3.62. The highest BCUT2D eigenvalue weighted by Gasteiger charge is 2.47. The zero-order chi connectivity index (χ0) is 20.6. The van der Waals surface area contributed by atoms with E-state index >= 15 is 0 Å². The maximum Gasteiger partial charge on any atom is 0.254 e. The van der Waals surface area contributed by atoms with Gasteiger partial charge in [-0.15, -0.1) is 0 Å². The Bertz CT molecular complexity index is 1010. The monoisotopic (exact) mass is 417 g/mol. The molecule has 9 heteroatoms. The molecule has 1 saturated carbocycles. The Balaban J connectivity index is 1.45. The number of pyridine rings is 1. The highest BCUT2D eigenvalue weighted by atomic mass is 32.2. The maximum atomic E-state index is 13.0. The van der Waals surface area contributed by atoms with Crippen LogP contribution in [0.2, 0.25) is 0 Å². The fraction of sp³-hybridized carbons (Fsp3) is 0.400. The zero-order valence-electron chi connectivity index (χ0n) is 16.2. The minimum absolute atomic E-state index is 0.0159. The summed E-state index contributed by atoms with van der Waals surface area (Å²) in [6.07, 6.45) is 4.26. The molecular weight excluding hydrogens is 394 g/mol. The summed E-state index contributed by atoms with van der Waals surface area (Å²) in [4.78, 5) is 18.9. The molecule has 154 valence electrons. The number of amides is 1. The summed E-state index contributed by atoms with van der Waals surface area (Å²) in [7, 11) is -0.541. The van der Waals surface area contributed by atoms with E-state index in [1.54, 1.807) is 31.4 Å². The molecule has 1 aromatic heterocycles. The molecule has 1 aliphatic carbocycles. The molecule has 0 spiro atoms. The minimum Gasteiger partial charge on any atom is -0.493 e. The molecule has 1 aliphatic heterocycles. The Morgan fingerprint density at radius 2 is 1.97 bits per heavy atom. The van der Waals surface area contributed by atoms with Gasteiger partial charge in [-0.1, -0.05) is 0 Å². The predicted molar refractivity (Wildman–Crippen MR) is 105 cm³/mol. The van der Waals surface area contributed by atoms with Crippen LogP contribution in [0, 0.1) is 5.92 Å². The number of nitrogens with zero attached hydrogens (tertiary/aromatic N) is 2. The molecule has 1 aromatic carbocycles. The Morgan fingerprint density at radius 3 is 2.59 bits per heavy atom. The molecular formula is C20H23N3O5S. The van der Waals surface area contributed by atoms with Crippen LogP contribution in [0.1, 0.15) is 23.2 Å². The van der Waals surface area contributed by atoms with Crippen molar-refractivity contribution in [3.63, 3.8) is 0 Å². The van der Waals surface area contributed by atoms with Gasteiger partial charge in [0, 0.05) is 36.6 Å². The summed E-state index contributed by atoms with van der Waals surface area (Å²) in [6, 6.07) is 8.06. The second-order valence-corrected chi connectivity index (χ2v) is 9.04. The quantitative estimate of drug-likeness (QED) is 0.768. The molecule has 29 heavy (non-hydrogen) atoms. The van der Waals surface area contributed by atoms with Crippen molar-refractivity contribution in [1.29, 1.82) is 0 Å². The number of sulfonamides is 1. The first-order valence-electron chi connectivity index (χ1n) is 9.38. The Kier molecular flexibility index (Phi) is 5.18. The Labute approximate surface area is 169 Å². The van der Waals surface area contributed by atoms with Gasteiger partial charge >= 0.3 is 0 Å². The van der Waals surface area contributed by atoms with E-state index in [0.29, 0.717) is 30.0 Å². The standard InChI is InChI=1S/C20H23N3O5S/c1-27-18-6-5-13(9-19(18)28-2)20(24)23-12-14-8-15(23)10-17(14)22-29(25,26)16-4-3-7-21-11-16/h3-7,9,11,14-15,17,22H,8,10,12H2,1-2H3. The molecule has 2 fully saturated rings. The Morgan fingerprint density at radius 1 is 1.17 bits per heavy atom. The van der Waals surface area contributed by atoms with Crippen molar-refractivity contribution in [2.45, 2.75) is 29.8 Å². The van der Waals surface area contributed by atoms with Crippen molar-refractivity contribution in [3.8, 4) is 11.5 Å². The smallest absolute Gasteiger partial charge is 0.254 e. The number of piperidine rings is 1. The second kappa shape index (κ2) is 7.64. The molecule has 8 nitrogen and oxygen atoms in total. The van der Waals surface area contributed by atoms with Gasteiger partial charge in [0.1, 0.15) is 4.90 Å². The van der Waals surface area contributed by atoms with Crippen LogP contribution in [-0.4, -0.2) is 57.1 Å². The van der Waals surface area contributed by atoms with Crippen molar-refractivity contribution in [2.75, 3.05) is 20.8 Å². The van der Waals surface area contributed by atoms with Crippen LogP contribution in [0.25, 0.3) is 0 Å². The molecule has 4 rings (SSSR count). The lowest BCUT2D eigenvalue weighted by Crippen LogP contribution is -2.47. The first kappa shape index (κ1) is 19.7. The summed E-state index contributed by atoms with van der Waals surface area (Å²) >= 11 is 0. The van der Waals surface area contributed by atoms with E-state index in [1.165, 1.54) is 25.6 Å². The van der Waals surface area contributed by atoms with Crippen LogP contribution in [0.5, 0.6) is 11.5 Å². The average Bonchev–Trinajstić information content (AvgIpc) is 3.33. The summed E-state index contributed by atoms with van der Waals surface area (Å²) in [5.41, 5.74) is 0.530. The molecule has 1 amide bonds. The van der Waals surface area contributed by atoms with Gasteiger partial charge in [-0.3, -0.25) is 9.78 Å². The van der Waals surface area contributed by atoms with Gasteiger partial charge in [0.15, 0.2) is 11.5 Å².